The Bertz CT molecular complexity index is 2430. The number of benzene rings is 6. The molecule has 0 bridgehead atoms. The van der Waals surface area contributed by atoms with Crippen molar-refractivity contribution in [1.29, 1.82) is 0 Å². The third-order valence-electron chi connectivity index (χ3n) is 8.60. The Hall–Kier alpha value is -5.80. The van der Waals surface area contributed by atoms with Crippen LogP contribution in [-0.4, -0.2) is 14.4 Å². The smallest absolute Gasteiger partial charge is 0.165 e. The number of fused-ring (bicyclic) bond motifs is 7. The Labute approximate surface area is 248 Å². The number of nitrogens with zero attached hydrogens (tertiary/aromatic N) is 3. The van der Waals surface area contributed by atoms with Crippen molar-refractivity contribution in [2.75, 3.05) is 0 Å². The van der Waals surface area contributed by atoms with E-state index in [2.05, 4.69) is 132 Å². The van der Waals surface area contributed by atoms with Crippen LogP contribution >= 0.6 is 0 Å². The van der Waals surface area contributed by atoms with E-state index in [0.29, 0.717) is 0 Å². The molecule has 9 rings (SSSR count). The lowest BCUT2D eigenvalue weighted by molar-refractivity contribution is 1.19. The first-order valence-corrected chi connectivity index (χ1v) is 14.6. The fourth-order valence-corrected chi connectivity index (χ4v) is 6.70. The summed E-state index contributed by atoms with van der Waals surface area (Å²) in [6.07, 6.45) is 2.04. The number of pyridine rings is 2. The molecule has 0 aliphatic carbocycles. The van der Waals surface area contributed by atoms with Gasteiger partial charge in [-0.05, 0) is 55.9 Å². The highest BCUT2D eigenvalue weighted by molar-refractivity contribution is 6.21. The normalized spacial score (nSPS) is 11.7. The number of imidazole rings is 1. The third-order valence-corrected chi connectivity index (χ3v) is 8.60. The van der Waals surface area contributed by atoms with E-state index in [1.54, 1.807) is 0 Å². The van der Waals surface area contributed by atoms with Crippen LogP contribution in [0.15, 0.2) is 152 Å². The van der Waals surface area contributed by atoms with E-state index in [1.165, 1.54) is 43.8 Å². The van der Waals surface area contributed by atoms with Crippen LogP contribution in [-0.2, 0) is 0 Å². The van der Waals surface area contributed by atoms with Crippen LogP contribution in [0.5, 0.6) is 0 Å². The van der Waals surface area contributed by atoms with Gasteiger partial charge in [-0.25, -0.2) is 9.97 Å². The van der Waals surface area contributed by atoms with E-state index in [0.717, 1.165) is 38.8 Å². The molecule has 0 aliphatic rings. The molecule has 0 radical (unpaired) electrons. The standard InChI is InChI=1S/C40H25N3/c1-2-12-26(13-3-1)36-29-14-4-6-16-31(29)37(32-17-7-5-15-30(32)36)27-21-23-28(24-22-27)38-33-18-8-9-19-34(33)39-40(42-38)43-25-11-10-20-35(43)41-39/h1-25H. The van der Waals surface area contributed by atoms with Crippen LogP contribution in [0.3, 0.4) is 0 Å². The van der Waals surface area contributed by atoms with E-state index in [4.69, 9.17) is 9.97 Å². The second-order valence-electron chi connectivity index (χ2n) is 11.0. The number of hydrogen-bond donors (Lipinski definition) is 0. The Balaban J connectivity index is 1.28. The summed E-state index contributed by atoms with van der Waals surface area (Å²) in [6, 6.07) is 51.8. The predicted molar refractivity (Wildman–Crippen MR) is 179 cm³/mol. The predicted octanol–water partition coefficient (Wildman–Crippen LogP) is 10.3. The molecule has 3 nitrogen and oxygen atoms in total. The molecule has 0 atom stereocenters. The van der Waals surface area contributed by atoms with Gasteiger partial charge in [0.1, 0.15) is 11.2 Å². The quantitative estimate of drug-likeness (QED) is 0.206. The van der Waals surface area contributed by atoms with Crippen LogP contribution in [0.2, 0.25) is 0 Å². The molecule has 0 amide bonds. The van der Waals surface area contributed by atoms with E-state index < -0.39 is 0 Å². The maximum Gasteiger partial charge on any atom is 0.165 e. The van der Waals surface area contributed by atoms with Gasteiger partial charge in [-0.15, -0.1) is 0 Å². The zero-order valence-corrected chi connectivity index (χ0v) is 23.3. The molecule has 0 saturated carbocycles. The van der Waals surface area contributed by atoms with Gasteiger partial charge in [-0.2, -0.15) is 0 Å². The average molecular weight is 548 g/mol. The van der Waals surface area contributed by atoms with Crippen molar-refractivity contribution in [3.05, 3.63) is 152 Å². The number of hydrogen-bond acceptors (Lipinski definition) is 2. The van der Waals surface area contributed by atoms with Gasteiger partial charge in [-0.1, -0.05) is 133 Å². The molecule has 6 aromatic carbocycles. The van der Waals surface area contributed by atoms with E-state index in [1.807, 2.05) is 24.4 Å². The van der Waals surface area contributed by atoms with Crippen LogP contribution in [0.1, 0.15) is 0 Å². The highest BCUT2D eigenvalue weighted by Gasteiger charge is 2.18. The molecule has 3 heteroatoms. The molecule has 9 aromatic rings. The Morgan fingerprint density at radius 1 is 0.372 bits per heavy atom. The zero-order valence-electron chi connectivity index (χ0n) is 23.3. The Kier molecular flexibility index (Phi) is 5.20. The summed E-state index contributed by atoms with van der Waals surface area (Å²) in [5.41, 5.74) is 9.72. The maximum atomic E-state index is 5.21. The lowest BCUT2D eigenvalue weighted by atomic mass is 9.86. The van der Waals surface area contributed by atoms with E-state index in [9.17, 15) is 0 Å². The molecule has 0 unspecified atom stereocenters. The van der Waals surface area contributed by atoms with Crippen molar-refractivity contribution in [2.24, 2.45) is 0 Å². The van der Waals surface area contributed by atoms with Crippen LogP contribution < -0.4 is 0 Å². The lowest BCUT2D eigenvalue weighted by Gasteiger charge is -2.18. The molecular formula is C40H25N3. The number of rotatable bonds is 3. The van der Waals surface area contributed by atoms with Gasteiger partial charge in [0.2, 0.25) is 0 Å². The Morgan fingerprint density at radius 3 is 1.49 bits per heavy atom. The molecule has 200 valence electrons. The second-order valence-corrected chi connectivity index (χ2v) is 11.0. The van der Waals surface area contributed by atoms with Crippen molar-refractivity contribution >= 4 is 49.1 Å². The van der Waals surface area contributed by atoms with Crippen molar-refractivity contribution < 1.29 is 0 Å². The van der Waals surface area contributed by atoms with Gasteiger partial charge < -0.3 is 0 Å². The second kappa shape index (κ2) is 9.37. The van der Waals surface area contributed by atoms with Gasteiger partial charge >= 0.3 is 0 Å². The van der Waals surface area contributed by atoms with Gasteiger partial charge in [-0.3, -0.25) is 4.40 Å². The van der Waals surface area contributed by atoms with Crippen molar-refractivity contribution in [2.45, 2.75) is 0 Å². The first-order valence-electron chi connectivity index (χ1n) is 14.6. The van der Waals surface area contributed by atoms with Gasteiger partial charge in [0.15, 0.2) is 5.65 Å². The van der Waals surface area contributed by atoms with Crippen LogP contribution in [0.25, 0.3) is 82.6 Å². The van der Waals surface area contributed by atoms with Crippen molar-refractivity contribution in [3.63, 3.8) is 0 Å². The first kappa shape index (κ1) is 23.9. The maximum absolute atomic E-state index is 5.21. The third kappa shape index (κ3) is 3.62. The SMILES string of the molecule is c1ccc(-c2c3ccccc3c(-c3ccc(-c4nc5c(nc6ccccn65)c5ccccc45)cc3)c3ccccc23)cc1. The summed E-state index contributed by atoms with van der Waals surface area (Å²) >= 11 is 0. The summed E-state index contributed by atoms with van der Waals surface area (Å²) in [5, 5.41) is 7.25. The average Bonchev–Trinajstić information content (AvgIpc) is 3.46. The van der Waals surface area contributed by atoms with Gasteiger partial charge in [0.25, 0.3) is 0 Å². The first-order chi connectivity index (χ1) is 21.3. The molecule has 43 heavy (non-hydrogen) atoms. The molecule has 0 N–H and O–H groups in total. The summed E-state index contributed by atoms with van der Waals surface area (Å²) in [4.78, 5) is 10.1. The fourth-order valence-electron chi connectivity index (χ4n) is 6.70. The monoisotopic (exact) mass is 547 g/mol. The van der Waals surface area contributed by atoms with Crippen molar-refractivity contribution in [1.82, 2.24) is 14.4 Å². The minimum Gasteiger partial charge on any atom is -0.284 e. The zero-order chi connectivity index (χ0) is 28.3. The lowest BCUT2D eigenvalue weighted by Crippen LogP contribution is -1.93. The van der Waals surface area contributed by atoms with Crippen LogP contribution in [0.4, 0.5) is 0 Å². The summed E-state index contributed by atoms with van der Waals surface area (Å²) in [7, 11) is 0. The highest BCUT2D eigenvalue weighted by atomic mass is 15.1. The minimum absolute atomic E-state index is 0.877. The van der Waals surface area contributed by atoms with E-state index >= 15 is 0 Å². The topological polar surface area (TPSA) is 30.2 Å². The van der Waals surface area contributed by atoms with Gasteiger partial charge in [0, 0.05) is 22.5 Å². The molecule has 3 aromatic heterocycles. The largest absolute Gasteiger partial charge is 0.284 e. The number of aromatic nitrogens is 3. The Morgan fingerprint density at radius 2 is 0.860 bits per heavy atom. The summed E-state index contributed by atoms with van der Waals surface area (Å²) < 4.78 is 2.08. The van der Waals surface area contributed by atoms with Gasteiger partial charge in [0.05, 0.1) is 5.69 Å². The molecular weight excluding hydrogens is 522 g/mol. The van der Waals surface area contributed by atoms with Crippen LogP contribution in [0, 0.1) is 0 Å². The summed E-state index contributed by atoms with van der Waals surface area (Å²) in [5.74, 6) is 0. The molecule has 0 saturated heterocycles. The molecule has 0 fully saturated rings. The highest BCUT2D eigenvalue weighted by Crippen LogP contribution is 2.44. The molecule has 0 aliphatic heterocycles. The van der Waals surface area contributed by atoms with Crippen molar-refractivity contribution in [3.8, 4) is 33.5 Å². The molecule has 3 heterocycles. The van der Waals surface area contributed by atoms with E-state index in [-0.39, 0.29) is 0 Å². The summed E-state index contributed by atoms with van der Waals surface area (Å²) in [6.45, 7) is 0. The minimum atomic E-state index is 0.877. The fraction of sp³-hybridized carbons (Fsp3) is 0. The molecule has 0 spiro atoms.